The van der Waals surface area contributed by atoms with E-state index in [1.54, 1.807) is 12.4 Å². The second-order valence-electron chi connectivity index (χ2n) is 3.81. The molecule has 100 valence electrons. The van der Waals surface area contributed by atoms with Gasteiger partial charge >= 0.3 is 0 Å². The summed E-state index contributed by atoms with van der Waals surface area (Å²) < 4.78 is 2.72. The van der Waals surface area contributed by atoms with Gasteiger partial charge in [0.25, 0.3) is 0 Å². The fraction of sp³-hybridized carbons (Fsp3) is 0.231. The summed E-state index contributed by atoms with van der Waals surface area (Å²) >= 11 is 9.31. The fourth-order valence-electron chi connectivity index (χ4n) is 1.55. The molecule has 0 N–H and O–H groups in total. The molecule has 1 aromatic heterocycles. The van der Waals surface area contributed by atoms with Gasteiger partial charge in [-0.15, -0.1) is 0 Å². The molecule has 0 aliphatic carbocycles. The van der Waals surface area contributed by atoms with Gasteiger partial charge in [0.2, 0.25) is 0 Å². The van der Waals surface area contributed by atoms with Crippen LogP contribution in [0.5, 0.6) is 0 Å². The van der Waals surface area contributed by atoms with E-state index in [1.165, 1.54) is 0 Å². The molecule has 0 spiro atoms. The Balaban J connectivity index is 2.18. The van der Waals surface area contributed by atoms with E-state index in [0.717, 1.165) is 20.8 Å². The molecule has 0 saturated carbocycles. The van der Waals surface area contributed by atoms with Crippen LogP contribution in [0.1, 0.15) is 18.2 Å². The molecule has 4 nitrogen and oxygen atoms in total. The summed E-state index contributed by atoms with van der Waals surface area (Å²) in [6.45, 7) is 3.08. The van der Waals surface area contributed by atoms with Gasteiger partial charge in [0.15, 0.2) is 0 Å². The first-order valence-electron chi connectivity index (χ1n) is 5.81. The van der Waals surface area contributed by atoms with Crippen LogP contribution in [0.15, 0.2) is 40.1 Å². The van der Waals surface area contributed by atoms with Crippen LogP contribution in [0.3, 0.4) is 0 Å². The molecule has 0 unspecified atom stereocenters. The molecule has 0 aliphatic heterocycles. The standard InChI is InChI=1S/C13H13BrClN3O/c1-2-19-17-8-13-12(14)7-16-18(13)9-10-3-5-11(15)6-4-10/h3-8H,2,9H2,1H3/b17-8-. The number of rotatable bonds is 5. The zero-order valence-electron chi connectivity index (χ0n) is 10.4. The lowest BCUT2D eigenvalue weighted by Gasteiger charge is -2.05. The van der Waals surface area contributed by atoms with Crippen molar-refractivity contribution in [3.8, 4) is 0 Å². The van der Waals surface area contributed by atoms with E-state index >= 15 is 0 Å². The summed E-state index contributed by atoms with van der Waals surface area (Å²) in [5, 5.41) is 8.90. The number of halogens is 2. The monoisotopic (exact) mass is 341 g/mol. The van der Waals surface area contributed by atoms with Gasteiger partial charge in [0.1, 0.15) is 6.61 Å². The number of nitrogens with zero attached hydrogens (tertiary/aromatic N) is 3. The van der Waals surface area contributed by atoms with Crippen LogP contribution >= 0.6 is 27.5 Å². The van der Waals surface area contributed by atoms with Gasteiger partial charge in [-0.3, -0.25) is 4.68 Å². The van der Waals surface area contributed by atoms with Crippen LogP contribution in [0, 0.1) is 0 Å². The van der Waals surface area contributed by atoms with Gasteiger partial charge in [0, 0.05) is 5.02 Å². The van der Waals surface area contributed by atoms with Crippen molar-refractivity contribution < 1.29 is 4.84 Å². The van der Waals surface area contributed by atoms with Crippen molar-refractivity contribution in [3.05, 3.63) is 51.2 Å². The Labute approximate surface area is 125 Å². The van der Waals surface area contributed by atoms with Crippen LogP contribution in [0.25, 0.3) is 0 Å². The maximum Gasteiger partial charge on any atom is 0.114 e. The molecule has 0 aliphatic rings. The molecule has 0 atom stereocenters. The molecule has 0 radical (unpaired) electrons. The highest BCUT2D eigenvalue weighted by atomic mass is 79.9. The largest absolute Gasteiger partial charge is 0.396 e. The van der Waals surface area contributed by atoms with Crippen molar-refractivity contribution in [2.45, 2.75) is 13.5 Å². The van der Waals surface area contributed by atoms with Crippen molar-refractivity contribution in [1.29, 1.82) is 0 Å². The lowest BCUT2D eigenvalue weighted by molar-refractivity contribution is 0.160. The third-order valence-electron chi connectivity index (χ3n) is 2.46. The first-order valence-corrected chi connectivity index (χ1v) is 6.99. The first kappa shape index (κ1) is 14.1. The highest BCUT2D eigenvalue weighted by molar-refractivity contribution is 9.10. The van der Waals surface area contributed by atoms with Crippen molar-refractivity contribution in [2.75, 3.05) is 6.61 Å². The van der Waals surface area contributed by atoms with Crippen LogP contribution in [0.4, 0.5) is 0 Å². The molecule has 2 rings (SSSR count). The Morgan fingerprint density at radius 1 is 1.42 bits per heavy atom. The number of benzene rings is 1. The quantitative estimate of drug-likeness (QED) is 0.614. The molecule has 0 amide bonds. The smallest absolute Gasteiger partial charge is 0.114 e. The second-order valence-corrected chi connectivity index (χ2v) is 5.10. The van der Waals surface area contributed by atoms with Crippen molar-refractivity contribution >= 4 is 33.7 Å². The topological polar surface area (TPSA) is 39.4 Å². The van der Waals surface area contributed by atoms with Gasteiger partial charge in [0.05, 0.1) is 29.1 Å². The number of oxime groups is 1. The number of hydrogen-bond acceptors (Lipinski definition) is 3. The van der Waals surface area contributed by atoms with Gasteiger partial charge in [-0.25, -0.2) is 0 Å². The van der Waals surface area contributed by atoms with Crippen LogP contribution in [0.2, 0.25) is 5.02 Å². The summed E-state index contributed by atoms with van der Waals surface area (Å²) in [4.78, 5) is 4.97. The Bertz CT molecular complexity index is 566. The third kappa shape index (κ3) is 3.81. The van der Waals surface area contributed by atoms with Crippen molar-refractivity contribution in [2.24, 2.45) is 5.16 Å². The van der Waals surface area contributed by atoms with Crippen LogP contribution in [-0.4, -0.2) is 22.6 Å². The molecule has 0 bridgehead atoms. The first-order chi connectivity index (χ1) is 9.20. The SMILES string of the molecule is CCO/N=C\c1c(Br)cnn1Cc1ccc(Cl)cc1. The van der Waals surface area contributed by atoms with E-state index < -0.39 is 0 Å². The van der Waals surface area contributed by atoms with Crippen LogP contribution in [-0.2, 0) is 11.4 Å². The molecule has 1 aromatic carbocycles. The van der Waals surface area contributed by atoms with E-state index in [9.17, 15) is 0 Å². The predicted octanol–water partition coefficient (Wildman–Crippen LogP) is 3.72. The number of aromatic nitrogens is 2. The summed E-state index contributed by atoms with van der Waals surface area (Å²) in [5.41, 5.74) is 1.98. The molecule has 19 heavy (non-hydrogen) atoms. The maximum atomic E-state index is 5.87. The molecular weight excluding hydrogens is 330 g/mol. The van der Waals surface area contributed by atoms with E-state index in [-0.39, 0.29) is 0 Å². The summed E-state index contributed by atoms with van der Waals surface area (Å²) in [7, 11) is 0. The average Bonchev–Trinajstić information content (AvgIpc) is 2.74. The maximum absolute atomic E-state index is 5.87. The van der Waals surface area contributed by atoms with E-state index in [0.29, 0.717) is 13.2 Å². The van der Waals surface area contributed by atoms with Crippen molar-refractivity contribution in [1.82, 2.24) is 9.78 Å². The fourth-order valence-corrected chi connectivity index (χ4v) is 2.08. The van der Waals surface area contributed by atoms with E-state index in [1.807, 2.05) is 35.9 Å². The molecule has 0 fully saturated rings. The molecule has 2 aromatic rings. The highest BCUT2D eigenvalue weighted by Crippen LogP contribution is 2.16. The molecule has 6 heteroatoms. The van der Waals surface area contributed by atoms with Gasteiger partial charge in [-0.1, -0.05) is 28.9 Å². The normalized spacial score (nSPS) is 11.1. The zero-order valence-corrected chi connectivity index (χ0v) is 12.7. The Kier molecular flexibility index (Phi) is 4.99. The van der Waals surface area contributed by atoms with Crippen molar-refractivity contribution in [3.63, 3.8) is 0 Å². The van der Waals surface area contributed by atoms with E-state index in [2.05, 4.69) is 26.2 Å². The molecular formula is C13H13BrClN3O. The Morgan fingerprint density at radius 2 is 2.16 bits per heavy atom. The summed E-state index contributed by atoms with van der Waals surface area (Å²) in [5.74, 6) is 0. The summed E-state index contributed by atoms with van der Waals surface area (Å²) in [6, 6.07) is 7.68. The van der Waals surface area contributed by atoms with E-state index in [4.69, 9.17) is 16.4 Å². The summed E-state index contributed by atoms with van der Waals surface area (Å²) in [6.07, 6.45) is 3.39. The van der Waals surface area contributed by atoms with Gasteiger partial charge < -0.3 is 4.84 Å². The zero-order chi connectivity index (χ0) is 13.7. The average molecular weight is 343 g/mol. The number of hydrogen-bond donors (Lipinski definition) is 0. The Hall–Kier alpha value is -1.33. The second kappa shape index (κ2) is 6.73. The lowest BCUT2D eigenvalue weighted by Crippen LogP contribution is -2.06. The van der Waals surface area contributed by atoms with Gasteiger partial charge in [-0.2, -0.15) is 5.10 Å². The minimum absolute atomic E-state index is 0.541. The minimum Gasteiger partial charge on any atom is -0.396 e. The molecule has 0 saturated heterocycles. The lowest BCUT2D eigenvalue weighted by atomic mass is 10.2. The minimum atomic E-state index is 0.541. The molecule has 1 heterocycles. The Morgan fingerprint density at radius 3 is 2.84 bits per heavy atom. The van der Waals surface area contributed by atoms with Crippen LogP contribution < -0.4 is 0 Å². The predicted molar refractivity (Wildman–Crippen MR) is 79.7 cm³/mol. The third-order valence-corrected chi connectivity index (χ3v) is 3.32. The van der Waals surface area contributed by atoms with Gasteiger partial charge in [-0.05, 0) is 40.5 Å². The highest BCUT2D eigenvalue weighted by Gasteiger charge is 2.07.